The summed E-state index contributed by atoms with van der Waals surface area (Å²) in [4.78, 5) is 15.7. The second-order valence-electron chi connectivity index (χ2n) is 8.98. The molecule has 1 aromatic rings. The van der Waals surface area contributed by atoms with Crippen LogP contribution in [0.4, 0.5) is 0 Å². The van der Waals surface area contributed by atoms with Crippen molar-refractivity contribution in [3.8, 4) is 0 Å². The second kappa shape index (κ2) is 8.77. The SMILES string of the molecule is O=C(OCCN1CCCC12CCCCC2)[C@H](c1ccccc1)C1CCCC1. The van der Waals surface area contributed by atoms with Gasteiger partial charge < -0.3 is 4.74 Å². The largest absolute Gasteiger partial charge is 0.464 e. The number of rotatable bonds is 6. The van der Waals surface area contributed by atoms with Crippen LogP contribution in [0.2, 0.25) is 0 Å². The zero-order valence-electron chi connectivity index (χ0n) is 16.7. The van der Waals surface area contributed by atoms with Crippen molar-refractivity contribution in [3.63, 3.8) is 0 Å². The molecule has 1 aromatic carbocycles. The highest BCUT2D eigenvalue weighted by Gasteiger charge is 2.41. The number of nitrogens with zero attached hydrogens (tertiary/aromatic N) is 1. The van der Waals surface area contributed by atoms with Gasteiger partial charge in [0, 0.05) is 12.1 Å². The lowest BCUT2D eigenvalue weighted by Gasteiger charge is -2.41. The fraction of sp³-hybridized carbons (Fsp3) is 0.708. The lowest BCUT2D eigenvalue weighted by Crippen LogP contribution is -2.46. The number of carbonyl (C=O) groups is 1. The van der Waals surface area contributed by atoms with Crippen molar-refractivity contribution in [3.05, 3.63) is 35.9 Å². The Balaban J connectivity index is 1.35. The van der Waals surface area contributed by atoms with Crippen molar-refractivity contribution in [2.24, 2.45) is 5.92 Å². The van der Waals surface area contributed by atoms with Gasteiger partial charge in [0.15, 0.2) is 0 Å². The summed E-state index contributed by atoms with van der Waals surface area (Å²) in [5, 5.41) is 0. The Morgan fingerprint density at radius 2 is 1.70 bits per heavy atom. The molecule has 1 aliphatic heterocycles. The highest BCUT2D eigenvalue weighted by Crippen LogP contribution is 2.41. The van der Waals surface area contributed by atoms with Gasteiger partial charge in [-0.3, -0.25) is 9.69 Å². The van der Waals surface area contributed by atoms with E-state index in [1.807, 2.05) is 18.2 Å². The predicted octanol–water partition coefficient (Wildman–Crippen LogP) is 5.30. The number of carbonyl (C=O) groups excluding carboxylic acids is 1. The van der Waals surface area contributed by atoms with Crippen molar-refractivity contribution in [2.75, 3.05) is 19.7 Å². The van der Waals surface area contributed by atoms with Crippen LogP contribution >= 0.6 is 0 Å². The Morgan fingerprint density at radius 1 is 1.00 bits per heavy atom. The van der Waals surface area contributed by atoms with Crippen LogP contribution in [0.15, 0.2) is 30.3 Å². The molecule has 27 heavy (non-hydrogen) atoms. The fourth-order valence-corrected chi connectivity index (χ4v) is 6.02. The third-order valence-electron chi connectivity index (χ3n) is 7.41. The number of ether oxygens (including phenoxy) is 1. The summed E-state index contributed by atoms with van der Waals surface area (Å²) < 4.78 is 5.89. The molecule has 4 rings (SSSR count). The molecule has 1 heterocycles. The van der Waals surface area contributed by atoms with Crippen LogP contribution in [0, 0.1) is 5.92 Å². The first-order valence-electron chi connectivity index (χ1n) is 11.3. The molecule has 0 amide bonds. The Labute approximate surface area is 164 Å². The van der Waals surface area contributed by atoms with Crippen LogP contribution in [-0.4, -0.2) is 36.1 Å². The van der Waals surface area contributed by atoms with Crippen LogP contribution < -0.4 is 0 Å². The van der Waals surface area contributed by atoms with E-state index in [2.05, 4.69) is 17.0 Å². The second-order valence-corrected chi connectivity index (χ2v) is 8.98. The van der Waals surface area contributed by atoms with Crippen LogP contribution in [0.3, 0.4) is 0 Å². The highest BCUT2D eigenvalue weighted by atomic mass is 16.5. The van der Waals surface area contributed by atoms with Crippen LogP contribution in [-0.2, 0) is 9.53 Å². The first-order valence-corrected chi connectivity index (χ1v) is 11.3. The van der Waals surface area contributed by atoms with Gasteiger partial charge in [-0.05, 0) is 56.6 Å². The fourth-order valence-electron chi connectivity index (χ4n) is 6.02. The molecule has 1 atom stereocenters. The maximum atomic E-state index is 13.0. The molecular formula is C24H35NO2. The van der Waals surface area contributed by atoms with E-state index in [1.165, 1.54) is 64.3 Å². The van der Waals surface area contributed by atoms with E-state index in [1.54, 1.807) is 0 Å². The summed E-state index contributed by atoms with van der Waals surface area (Å²) in [6.45, 7) is 2.65. The zero-order chi connectivity index (χ0) is 18.5. The van der Waals surface area contributed by atoms with Crippen LogP contribution in [0.5, 0.6) is 0 Å². The first kappa shape index (κ1) is 19.0. The number of likely N-dealkylation sites (tertiary alicyclic amines) is 1. The predicted molar refractivity (Wildman–Crippen MR) is 109 cm³/mol. The molecule has 2 aliphatic carbocycles. The van der Waals surface area contributed by atoms with E-state index in [9.17, 15) is 4.79 Å². The van der Waals surface area contributed by atoms with E-state index < -0.39 is 0 Å². The lowest BCUT2D eigenvalue weighted by atomic mass is 9.80. The number of hydrogen-bond donors (Lipinski definition) is 0. The molecule has 2 saturated carbocycles. The molecule has 3 fully saturated rings. The van der Waals surface area contributed by atoms with E-state index in [0.29, 0.717) is 18.1 Å². The highest BCUT2D eigenvalue weighted by molar-refractivity contribution is 5.78. The Kier molecular flexibility index (Phi) is 6.17. The zero-order valence-corrected chi connectivity index (χ0v) is 16.7. The summed E-state index contributed by atoms with van der Waals surface area (Å²) in [6, 6.07) is 10.3. The van der Waals surface area contributed by atoms with Crippen molar-refractivity contribution in [2.45, 2.75) is 82.1 Å². The van der Waals surface area contributed by atoms with Gasteiger partial charge in [0.1, 0.15) is 6.61 Å². The molecule has 3 heteroatoms. The smallest absolute Gasteiger partial charge is 0.313 e. The van der Waals surface area contributed by atoms with E-state index in [-0.39, 0.29) is 11.9 Å². The minimum absolute atomic E-state index is 0.00462. The molecule has 0 radical (unpaired) electrons. The summed E-state index contributed by atoms with van der Waals surface area (Å²) in [5.74, 6) is 0.386. The number of esters is 1. The van der Waals surface area contributed by atoms with Crippen LogP contribution in [0.25, 0.3) is 0 Å². The molecule has 0 bridgehead atoms. The molecule has 3 nitrogen and oxygen atoms in total. The molecule has 3 aliphatic rings. The third-order valence-corrected chi connectivity index (χ3v) is 7.41. The van der Waals surface area contributed by atoms with Gasteiger partial charge in [-0.2, -0.15) is 0 Å². The van der Waals surface area contributed by atoms with Gasteiger partial charge in [-0.1, -0.05) is 62.4 Å². The van der Waals surface area contributed by atoms with Crippen molar-refractivity contribution in [1.29, 1.82) is 0 Å². The van der Waals surface area contributed by atoms with Gasteiger partial charge in [0.05, 0.1) is 5.92 Å². The molecular weight excluding hydrogens is 334 g/mol. The average Bonchev–Trinajstić information content (AvgIpc) is 3.35. The van der Waals surface area contributed by atoms with Gasteiger partial charge >= 0.3 is 5.97 Å². The molecule has 0 N–H and O–H groups in total. The minimum Gasteiger partial charge on any atom is -0.464 e. The number of benzene rings is 1. The topological polar surface area (TPSA) is 29.5 Å². The third kappa shape index (κ3) is 4.23. The minimum atomic E-state index is -0.0732. The lowest BCUT2D eigenvalue weighted by molar-refractivity contribution is -0.147. The quantitative estimate of drug-likeness (QED) is 0.637. The standard InChI is InChI=1S/C24H35NO2/c26-23(22(21-12-5-6-13-21)20-10-3-1-4-11-20)27-19-18-25-17-9-16-24(25)14-7-2-8-15-24/h1,3-4,10-11,21-22H,2,5-9,12-19H2/t22-/m1/s1. The van der Waals surface area contributed by atoms with Gasteiger partial charge in [-0.15, -0.1) is 0 Å². The van der Waals surface area contributed by atoms with Crippen molar-refractivity contribution < 1.29 is 9.53 Å². The summed E-state index contributed by atoms with van der Waals surface area (Å²) in [7, 11) is 0. The summed E-state index contributed by atoms with van der Waals surface area (Å²) >= 11 is 0. The van der Waals surface area contributed by atoms with Crippen molar-refractivity contribution in [1.82, 2.24) is 4.90 Å². The normalized spacial score (nSPS) is 24.3. The van der Waals surface area contributed by atoms with E-state index in [0.717, 1.165) is 24.9 Å². The van der Waals surface area contributed by atoms with Gasteiger partial charge in [0.2, 0.25) is 0 Å². The Hall–Kier alpha value is -1.35. The average molecular weight is 370 g/mol. The monoisotopic (exact) mass is 369 g/mol. The summed E-state index contributed by atoms with van der Waals surface area (Å²) in [6.07, 6.45) is 14.3. The number of hydrogen-bond acceptors (Lipinski definition) is 3. The molecule has 148 valence electrons. The molecule has 1 spiro atoms. The molecule has 0 unspecified atom stereocenters. The maximum absolute atomic E-state index is 13.0. The Morgan fingerprint density at radius 3 is 2.44 bits per heavy atom. The van der Waals surface area contributed by atoms with Crippen LogP contribution in [0.1, 0.15) is 82.1 Å². The summed E-state index contributed by atoms with van der Waals surface area (Å²) in [5.41, 5.74) is 1.56. The van der Waals surface area contributed by atoms with E-state index in [4.69, 9.17) is 4.74 Å². The molecule has 0 aromatic heterocycles. The molecule has 1 saturated heterocycles. The maximum Gasteiger partial charge on any atom is 0.313 e. The Bertz CT molecular complexity index is 602. The van der Waals surface area contributed by atoms with Gasteiger partial charge in [-0.25, -0.2) is 0 Å². The van der Waals surface area contributed by atoms with Crippen molar-refractivity contribution >= 4 is 5.97 Å². The van der Waals surface area contributed by atoms with E-state index >= 15 is 0 Å². The first-order chi connectivity index (χ1) is 13.3. The van der Waals surface area contributed by atoms with Gasteiger partial charge in [0.25, 0.3) is 0 Å².